The molecule has 1 aromatic carbocycles. The lowest BCUT2D eigenvalue weighted by atomic mass is 10.1. The van der Waals surface area contributed by atoms with Crippen molar-refractivity contribution in [2.75, 3.05) is 50.3 Å². The molecule has 2 heterocycles. The Morgan fingerprint density at radius 2 is 1.96 bits per heavy atom. The number of nitrogens with zero attached hydrogens (tertiary/aromatic N) is 3. The fourth-order valence-electron chi connectivity index (χ4n) is 3.35. The number of hydrogen-bond acceptors (Lipinski definition) is 6. The minimum absolute atomic E-state index is 0.583. The number of carbonyl (C=O) groups is 1. The second-order valence-corrected chi connectivity index (χ2v) is 6.81. The van der Waals surface area contributed by atoms with Crippen LogP contribution in [-0.4, -0.2) is 56.1 Å². The minimum Gasteiger partial charge on any atom is -0.379 e. The van der Waals surface area contributed by atoms with Crippen LogP contribution in [0.15, 0.2) is 30.3 Å². The molecule has 1 aliphatic rings. The van der Waals surface area contributed by atoms with Gasteiger partial charge >= 0.3 is 0 Å². The van der Waals surface area contributed by atoms with Gasteiger partial charge in [0.25, 0.3) is 0 Å². The zero-order valence-electron chi connectivity index (χ0n) is 16.8. The van der Waals surface area contributed by atoms with Crippen LogP contribution in [0.5, 0.6) is 0 Å². The first kappa shape index (κ1) is 20.0. The van der Waals surface area contributed by atoms with Gasteiger partial charge in [0.15, 0.2) is 6.29 Å². The van der Waals surface area contributed by atoms with E-state index in [1.54, 1.807) is 0 Å². The van der Waals surface area contributed by atoms with Gasteiger partial charge < -0.3 is 4.74 Å². The highest BCUT2D eigenvalue weighted by molar-refractivity contribution is 5.86. The van der Waals surface area contributed by atoms with E-state index in [0.717, 1.165) is 66.8 Å². The van der Waals surface area contributed by atoms with Crippen molar-refractivity contribution in [3.8, 4) is 0 Å². The summed E-state index contributed by atoms with van der Waals surface area (Å²) in [7, 11) is 1.94. The lowest BCUT2D eigenvalue weighted by Crippen LogP contribution is -2.40. The second kappa shape index (κ2) is 9.48. The van der Waals surface area contributed by atoms with E-state index < -0.39 is 0 Å². The van der Waals surface area contributed by atoms with Crippen molar-refractivity contribution in [2.45, 2.75) is 13.8 Å². The number of benzene rings is 1. The molecule has 0 radical (unpaired) electrons. The molecule has 28 heavy (non-hydrogen) atoms. The molecule has 1 fully saturated rings. The van der Waals surface area contributed by atoms with Gasteiger partial charge in [-0.3, -0.25) is 25.1 Å². The van der Waals surface area contributed by atoms with Gasteiger partial charge in [-0.25, -0.2) is 0 Å². The lowest BCUT2D eigenvalue weighted by Gasteiger charge is -2.25. The molecule has 1 aliphatic heterocycles. The summed E-state index contributed by atoms with van der Waals surface area (Å²) in [4.78, 5) is 18.9. The summed E-state index contributed by atoms with van der Waals surface area (Å²) in [5, 5.41) is 3.74. The van der Waals surface area contributed by atoms with Crippen LogP contribution in [0.1, 0.15) is 23.0 Å². The molecule has 0 atom stereocenters. The Balaban J connectivity index is 1.99. The van der Waals surface area contributed by atoms with E-state index in [-0.39, 0.29) is 0 Å². The second-order valence-electron chi connectivity index (χ2n) is 6.81. The first-order chi connectivity index (χ1) is 13.6. The van der Waals surface area contributed by atoms with Crippen LogP contribution in [-0.2, 0) is 4.74 Å². The highest BCUT2D eigenvalue weighted by Gasteiger charge is 2.13. The number of aldehydes is 1. The van der Waals surface area contributed by atoms with Crippen LogP contribution in [0.3, 0.4) is 0 Å². The van der Waals surface area contributed by atoms with E-state index in [4.69, 9.17) is 9.72 Å². The zero-order chi connectivity index (χ0) is 19.9. The number of anilines is 2. The molecule has 1 saturated heterocycles. The number of carbonyl (C=O) groups excluding carboxylic acids is 1. The van der Waals surface area contributed by atoms with Crippen LogP contribution in [0.2, 0.25) is 0 Å². The standard InChI is InChI=1S/C22H28N4O2/c1-4-19-21(10-11-26-12-14-28-15-13-26)23-17(2)20(16-27)22(19)24-25(3)18-8-6-5-7-9-18/h4-10,16,24H,11-15H2,1-3H3/b19-4+,21-10+. The Morgan fingerprint density at radius 1 is 1.25 bits per heavy atom. The van der Waals surface area contributed by atoms with Gasteiger partial charge in [-0.15, -0.1) is 0 Å². The highest BCUT2D eigenvalue weighted by atomic mass is 16.5. The van der Waals surface area contributed by atoms with Crippen LogP contribution in [0.25, 0.3) is 12.2 Å². The SMILES string of the molecule is C/C=c1/c(NN(C)c2ccccc2)c(C=O)c(C)n/c1=C/CN1CCOCC1. The summed E-state index contributed by atoms with van der Waals surface area (Å²) in [5.74, 6) is 0. The van der Waals surface area contributed by atoms with Crippen molar-refractivity contribution in [3.63, 3.8) is 0 Å². The van der Waals surface area contributed by atoms with Crippen LogP contribution >= 0.6 is 0 Å². The van der Waals surface area contributed by atoms with Gasteiger partial charge in [0.1, 0.15) is 0 Å². The predicted octanol–water partition coefficient (Wildman–Crippen LogP) is 1.58. The summed E-state index contributed by atoms with van der Waals surface area (Å²) < 4.78 is 5.42. The molecule has 0 saturated carbocycles. The molecule has 0 aliphatic carbocycles. The molecule has 0 bridgehead atoms. The van der Waals surface area contributed by atoms with Crippen molar-refractivity contribution >= 4 is 29.8 Å². The third-order valence-electron chi connectivity index (χ3n) is 4.97. The fraction of sp³-hybridized carbons (Fsp3) is 0.364. The number of aromatic nitrogens is 1. The molecule has 1 N–H and O–H groups in total. The summed E-state index contributed by atoms with van der Waals surface area (Å²) in [6.45, 7) is 8.05. The molecule has 6 heteroatoms. The number of rotatable bonds is 6. The topological polar surface area (TPSA) is 57.7 Å². The summed E-state index contributed by atoms with van der Waals surface area (Å²) in [5.41, 5.74) is 6.49. The Hall–Kier alpha value is -2.70. The van der Waals surface area contributed by atoms with Gasteiger partial charge in [-0.2, -0.15) is 0 Å². The average Bonchev–Trinajstić information content (AvgIpc) is 2.73. The molecule has 6 nitrogen and oxygen atoms in total. The van der Waals surface area contributed by atoms with Crippen LogP contribution in [0.4, 0.5) is 11.4 Å². The molecule has 3 rings (SSSR count). The number of hydrazine groups is 1. The Morgan fingerprint density at radius 3 is 2.61 bits per heavy atom. The quantitative estimate of drug-likeness (QED) is 0.607. The summed E-state index contributed by atoms with van der Waals surface area (Å²) >= 11 is 0. The predicted molar refractivity (Wildman–Crippen MR) is 114 cm³/mol. The fourth-order valence-corrected chi connectivity index (χ4v) is 3.35. The molecular formula is C22H28N4O2. The zero-order valence-corrected chi connectivity index (χ0v) is 16.8. The number of para-hydroxylation sites is 1. The van der Waals surface area contributed by atoms with Crippen LogP contribution in [0, 0.1) is 6.92 Å². The summed E-state index contributed by atoms with van der Waals surface area (Å²) in [6, 6.07) is 9.99. The van der Waals surface area contributed by atoms with Crippen LogP contribution < -0.4 is 21.0 Å². The number of pyridine rings is 1. The first-order valence-corrected chi connectivity index (χ1v) is 9.62. The number of ether oxygens (including phenoxy) is 1. The normalized spacial score (nSPS) is 16.2. The summed E-state index contributed by atoms with van der Waals surface area (Å²) in [6.07, 6.45) is 5.02. The molecular weight excluding hydrogens is 352 g/mol. The molecule has 0 spiro atoms. The molecule has 1 aromatic heterocycles. The van der Waals surface area contributed by atoms with E-state index in [1.807, 2.05) is 62.3 Å². The Bertz CT molecular complexity index is 922. The Labute approximate surface area is 166 Å². The maximum Gasteiger partial charge on any atom is 0.154 e. The van der Waals surface area contributed by atoms with Crippen molar-refractivity contribution < 1.29 is 9.53 Å². The molecule has 0 unspecified atom stereocenters. The maximum absolute atomic E-state index is 11.8. The van der Waals surface area contributed by atoms with Gasteiger partial charge in [0, 0.05) is 31.9 Å². The van der Waals surface area contributed by atoms with E-state index in [9.17, 15) is 4.79 Å². The van der Waals surface area contributed by atoms with Crippen molar-refractivity contribution in [2.24, 2.45) is 0 Å². The molecule has 2 aromatic rings. The monoisotopic (exact) mass is 380 g/mol. The van der Waals surface area contributed by atoms with Gasteiger partial charge in [-0.05, 0) is 32.1 Å². The van der Waals surface area contributed by atoms with E-state index >= 15 is 0 Å². The number of hydrogen-bond donors (Lipinski definition) is 1. The van der Waals surface area contributed by atoms with Crippen molar-refractivity contribution in [1.82, 2.24) is 9.88 Å². The van der Waals surface area contributed by atoms with E-state index in [0.29, 0.717) is 5.56 Å². The highest BCUT2D eigenvalue weighted by Crippen LogP contribution is 2.15. The van der Waals surface area contributed by atoms with Gasteiger partial charge in [0.2, 0.25) is 0 Å². The third-order valence-corrected chi connectivity index (χ3v) is 4.97. The van der Waals surface area contributed by atoms with Gasteiger partial charge in [0.05, 0.1) is 41.2 Å². The van der Waals surface area contributed by atoms with E-state index in [2.05, 4.69) is 16.4 Å². The average molecular weight is 380 g/mol. The van der Waals surface area contributed by atoms with Crippen molar-refractivity contribution in [3.05, 3.63) is 52.2 Å². The smallest absolute Gasteiger partial charge is 0.154 e. The number of aryl methyl sites for hydroxylation is 1. The maximum atomic E-state index is 11.8. The van der Waals surface area contributed by atoms with E-state index in [1.165, 1.54) is 0 Å². The molecule has 0 amide bonds. The molecule has 148 valence electrons. The Kier molecular flexibility index (Phi) is 6.79. The number of nitrogens with one attached hydrogen (secondary N) is 1. The largest absolute Gasteiger partial charge is 0.379 e. The number of morpholine rings is 1. The first-order valence-electron chi connectivity index (χ1n) is 9.62. The minimum atomic E-state index is 0.583. The lowest BCUT2D eigenvalue weighted by molar-refractivity contribution is 0.0449. The van der Waals surface area contributed by atoms with Gasteiger partial charge in [-0.1, -0.05) is 24.3 Å². The third kappa shape index (κ3) is 4.58. The van der Waals surface area contributed by atoms with Crippen molar-refractivity contribution in [1.29, 1.82) is 0 Å².